The van der Waals surface area contributed by atoms with Crippen molar-refractivity contribution < 1.29 is 17.6 Å². The van der Waals surface area contributed by atoms with Crippen LogP contribution in [0.2, 0.25) is 0 Å². The van der Waals surface area contributed by atoms with Crippen molar-refractivity contribution in [3.05, 3.63) is 66.4 Å². The van der Waals surface area contributed by atoms with Crippen molar-refractivity contribution in [2.75, 3.05) is 10.6 Å². The van der Waals surface area contributed by atoms with Gasteiger partial charge in [0.05, 0.1) is 18.4 Å². The number of alkyl halides is 3. The predicted octanol–water partition coefficient (Wildman–Crippen LogP) is 4.44. The van der Waals surface area contributed by atoms with Crippen LogP contribution >= 0.6 is 0 Å². The summed E-state index contributed by atoms with van der Waals surface area (Å²) in [5.74, 6) is 1.64. The van der Waals surface area contributed by atoms with Gasteiger partial charge in [0.15, 0.2) is 0 Å². The van der Waals surface area contributed by atoms with Gasteiger partial charge in [-0.25, -0.2) is 9.97 Å². The molecule has 1 aromatic carbocycles. The summed E-state index contributed by atoms with van der Waals surface area (Å²) < 4.78 is 43.4. The molecule has 0 atom stereocenters. The molecule has 0 aliphatic carbocycles. The van der Waals surface area contributed by atoms with E-state index in [1.165, 1.54) is 18.5 Å². The van der Waals surface area contributed by atoms with Crippen LogP contribution in [0.5, 0.6) is 0 Å². The van der Waals surface area contributed by atoms with Crippen molar-refractivity contribution in [3.8, 4) is 0 Å². The van der Waals surface area contributed by atoms with Crippen LogP contribution in [0.1, 0.15) is 11.3 Å². The quantitative estimate of drug-likeness (QED) is 0.722. The Labute approximate surface area is 135 Å². The smallest absolute Gasteiger partial charge is 0.416 e. The molecule has 0 saturated heterocycles. The molecule has 2 aromatic heterocycles. The second-order valence-electron chi connectivity index (χ2n) is 4.92. The van der Waals surface area contributed by atoms with Crippen molar-refractivity contribution >= 4 is 17.3 Å². The first kappa shape index (κ1) is 15.9. The molecule has 8 heteroatoms. The highest BCUT2D eigenvalue weighted by molar-refractivity contribution is 5.59. The number of nitrogens with zero attached hydrogens (tertiary/aromatic N) is 2. The molecule has 3 rings (SSSR count). The van der Waals surface area contributed by atoms with E-state index < -0.39 is 11.7 Å². The third-order valence-electron chi connectivity index (χ3n) is 3.15. The van der Waals surface area contributed by atoms with Gasteiger partial charge in [0.1, 0.15) is 23.7 Å². The van der Waals surface area contributed by atoms with E-state index in [9.17, 15) is 13.2 Å². The van der Waals surface area contributed by atoms with Crippen molar-refractivity contribution in [1.82, 2.24) is 9.97 Å². The minimum absolute atomic E-state index is 0.292. The molecule has 2 heterocycles. The van der Waals surface area contributed by atoms with Crippen molar-refractivity contribution in [2.45, 2.75) is 12.7 Å². The Hall–Kier alpha value is -3.03. The summed E-state index contributed by atoms with van der Waals surface area (Å²) in [6.45, 7) is 0.438. The lowest BCUT2D eigenvalue weighted by molar-refractivity contribution is -0.137. The Bertz CT molecular complexity index is 803. The Morgan fingerprint density at radius 2 is 1.83 bits per heavy atom. The molecule has 0 aliphatic rings. The first-order valence-corrected chi connectivity index (χ1v) is 7.03. The highest BCUT2D eigenvalue weighted by atomic mass is 19.4. The molecular formula is C16H13F3N4O. The molecule has 0 radical (unpaired) electrons. The molecule has 0 saturated carbocycles. The average Bonchev–Trinajstić information content (AvgIpc) is 3.06. The lowest BCUT2D eigenvalue weighted by Gasteiger charge is -2.11. The molecule has 0 spiro atoms. The summed E-state index contributed by atoms with van der Waals surface area (Å²) in [4.78, 5) is 8.06. The number of halogens is 3. The van der Waals surface area contributed by atoms with Crippen LogP contribution in [0.15, 0.2) is 59.5 Å². The zero-order valence-corrected chi connectivity index (χ0v) is 12.3. The van der Waals surface area contributed by atoms with E-state index in [2.05, 4.69) is 20.6 Å². The minimum Gasteiger partial charge on any atom is -0.467 e. The monoisotopic (exact) mass is 334 g/mol. The van der Waals surface area contributed by atoms with E-state index in [0.717, 1.165) is 17.9 Å². The van der Waals surface area contributed by atoms with Gasteiger partial charge in [-0.15, -0.1) is 0 Å². The van der Waals surface area contributed by atoms with Crippen LogP contribution in [-0.4, -0.2) is 9.97 Å². The van der Waals surface area contributed by atoms with Gasteiger partial charge in [-0.3, -0.25) is 0 Å². The number of hydrogen-bond acceptors (Lipinski definition) is 5. The van der Waals surface area contributed by atoms with Crippen LogP contribution in [0.25, 0.3) is 0 Å². The highest BCUT2D eigenvalue weighted by Gasteiger charge is 2.30. The van der Waals surface area contributed by atoms with Crippen molar-refractivity contribution in [1.29, 1.82) is 0 Å². The summed E-state index contributed by atoms with van der Waals surface area (Å²) in [5.41, 5.74) is -0.432. The second kappa shape index (κ2) is 6.61. The van der Waals surface area contributed by atoms with Gasteiger partial charge in [-0.1, -0.05) is 6.07 Å². The van der Waals surface area contributed by atoms with Crippen LogP contribution in [0, 0.1) is 0 Å². The van der Waals surface area contributed by atoms with Gasteiger partial charge in [0.2, 0.25) is 0 Å². The average molecular weight is 334 g/mol. The maximum atomic E-state index is 12.7. The van der Waals surface area contributed by atoms with Crippen LogP contribution in [-0.2, 0) is 12.7 Å². The number of aromatic nitrogens is 2. The number of furan rings is 1. The predicted molar refractivity (Wildman–Crippen MR) is 82.8 cm³/mol. The first-order valence-electron chi connectivity index (χ1n) is 7.03. The third kappa shape index (κ3) is 4.03. The van der Waals surface area contributed by atoms with Crippen molar-refractivity contribution in [3.63, 3.8) is 0 Å². The maximum Gasteiger partial charge on any atom is 0.416 e. The van der Waals surface area contributed by atoms with Gasteiger partial charge in [-0.05, 0) is 30.3 Å². The van der Waals surface area contributed by atoms with E-state index in [0.29, 0.717) is 23.9 Å². The summed E-state index contributed by atoms with van der Waals surface area (Å²) >= 11 is 0. The van der Waals surface area contributed by atoms with Crippen LogP contribution < -0.4 is 10.6 Å². The van der Waals surface area contributed by atoms with E-state index in [4.69, 9.17) is 4.42 Å². The molecule has 0 bridgehead atoms. The largest absolute Gasteiger partial charge is 0.467 e. The lowest BCUT2D eigenvalue weighted by Crippen LogP contribution is -2.06. The Balaban J connectivity index is 1.70. The third-order valence-corrected chi connectivity index (χ3v) is 3.15. The first-order chi connectivity index (χ1) is 11.5. The maximum absolute atomic E-state index is 12.7. The summed E-state index contributed by atoms with van der Waals surface area (Å²) in [6.07, 6.45) is -1.50. The molecular weight excluding hydrogens is 321 g/mol. The summed E-state index contributed by atoms with van der Waals surface area (Å²) in [5, 5.41) is 5.88. The van der Waals surface area contributed by atoms with Crippen molar-refractivity contribution in [2.24, 2.45) is 0 Å². The van der Waals surface area contributed by atoms with E-state index in [1.807, 2.05) is 6.07 Å². The Kier molecular flexibility index (Phi) is 4.37. The van der Waals surface area contributed by atoms with E-state index in [1.54, 1.807) is 18.4 Å². The molecule has 2 N–H and O–H groups in total. The fraction of sp³-hybridized carbons (Fsp3) is 0.125. The molecule has 24 heavy (non-hydrogen) atoms. The fourth-order valence-corrected chi connectivity index (χ4v) is 2.03. The van der Waals surface area contributed by atoms with E-state index >= 15 is 0 Å². The van der Waals surface area contributed by atoms with Gasteiger partial charge < -0.3 is 15.1 Å². The van der Waals surface area contributed by atoms with Gasteiger partial charge >= 0.3 is 6.18 Å². The molecule has 0 amide bonds. The number of hydrogen-bond donors (Lipinski definition) is 2. The fourth-order valence-electron chi connectivity index (χ4n) is 2.03. The normalized spacial score (nSPS) is 11.3. The molecule has 0 unspecified atom stereocenters. The number of rotatable bonds is 5. The zero-order valence-electron chi connectivity index (χ0n) is 12.3. The topological polar surface area (TPSA) is 63.0 Å². The second-order valence-corrected chi connectivity index (χ2v) is 4.92. The molecule has 0 aliphatic heterocycles. The van der Waals surface area contributed by atoms with Gasteiger partial charge in [-0.2, -0.15) is 13.2 Å². The minimum atomic E-state index is -4.39. The Morgan fingerprint density at radius 1 is 1.00 bits per heavy atom. The van der Waals surface area contributed by atoms with Gasteiger partial charge in [0, 0.05) is 11.8 Å². The summed E-state index contributed by atoms with van der Waals surface area (Å²) in [6, 6.07) is 10.1. The molecule has 5 nitrogen and oxygen atoms in total. The zero-order chi connectivity index (χ0) is 17.0. The summed E-state index contributed by atoms with van der Waals surface area (Å²) in [7, 11) is 0. The lowest BCUT2D eigenvalue weighted by atomic mass is 10.2. The molecule has 124 valence electrons. The molecule has 3 aromatic rings. The van der Waals surface area contributed by atoms with Gasteiger partial charge in [0.25, 0.3) is 0 Å². The van der Waals surface area contributed by atoms with Crippen LogP contribution in [0.3, 0.4) is 0 Å². The number of nitrogens with one attached hydrogen (secondary N) is 2. The Morgan fingerprint density at radius 3 is 2.58 bits per heavy atom. The van der Waals surface area contributed by atoms with Crippen LogP contribution in [0.4, 0.5) is 30.5 Å². The molecule has 0 fully saturated rings. The SMILES string of the molecule is FC(F)(F)c1cccc(Nc2cc(NCc3ccco3)ncn2)c1. The number of benzene rings is 1. The standard InChI is InChI=1S/C16H13F3N4O/c17-16(18,19)11-3-1-4-12(7-11)23-15-8-14(21-10-22-15)20-9-13-5-2-6-24-13/h1-8,10H,9H2,(H2,20,21,22,23). The highest BCUT2D eigenvalue weighted by Crippen LogP contribution is 2.31. The number of anilines is 3. The van der Waals surface area contributed by atoms with E-state index in [-0.39, 0.29) is 0 Å².